The van der Waals surface area contributed by atoms with Crippen molar-refractivity contribution in [3.05, 3.63) is 0 Å². The summed E-state index contributed by atoms with van der Waals surface area (Å²) in [5.74, 6) is 0. The van der Waals surface area contributed by atoms with Crippen LogP contribution >= 0.6 is 6.72 Å². The van der Waals surface area contributed by atoms with E-state index in [9.17, 15) is 0 Å². The number of hydrogen-bond acceptors (Lipinski definition) is 2. The molecule has 0 heterocycles. The molecule has 0 amide bonds. The number of aliphatic hydroxyl groups excluding tert-OH is 1. The van der Waals surface area contributed by atoms with Gasteiger partial charge in [-0.2, -0.15) is 0 Å². The Bertz CT molecular complexity index is 96.0. The molecule has 0 radical (unpaired) electrons. The van der Waals surface area contributed by atoms with Crippen LogP contribution in [0.25, 0.3) is 0 Å². The van der Waals surface area contributed by atoms with Gasteiger partial charge in [0.2, 0.25) is 0 Å². The number of aliphatic hydroxyl groups is 1. The van der Waals surface area contributed by atoms with Gasteiger partial charge in [-0.1, -0.05) is 13.3 Å². The predicted molar refractivity (Wildman–Crippen MR) is 42.9 cm³/mol. The molecule has 0 unspecified atom stereocenters. The van der Waals surface area contributed by atoms with E-state index in [1.807, 2.05) is 0 Å². The van der Waals surface area contributed by atoms with E-state index in [4.69, 9.17) is 19.8 Å². The Hall–Kier alpha value is 1.11. The van der Waals surface area contributed by atoms with Crippen LogP contribution in [-0.2, 0) is 31.3 Å². The molecule has 0 saturated carbocycles. The van der Waals surface area contributed by atoms with E-state index < -0.39 is 6.72 Å². The number of hydrogen-bond donors (Lipinski definition) is 4. The topological polar surface area (TPSA) is 80.9 Å². The van der Waals surface area contributed by atoms with Crippen molar-refractivity contribution in [2.24, 2.45) is 0 Å². The molecule has 0 aliphatic carbocycles. The first-order valence-electron chi connectivity index (χ1n) is 2.81. The van der Waals surface area contributed by atoms with Crippen molar-refractivity contribution in [2.45, 2.75) is 19.8 Å². The van der Waals surface area contributed by atoms with Gasteiger partial charge in [-0.25, -0.2) is 0 Å². The summed E-state index contributed by atoms with van der Waals surface area (Å²) in [5, 5.41) is 8.07. The van der Waals surface area contributed by atoms with Crippen molar-refractivity contribution in [1.29, 1.82) is 0 Å². The van der Waals surface area contributed by atoms with E-state index in [-0.39, 0.29) is 19.5 Å². The maximum absolute atomic E-state index is 8.07. The third kappa shape index (κ3) is 95.2. The molecule has 66 valence electrons. The van der Waals surface area contributed by atoms with Crippen LogP contribution in [0, 0.1) is 0 Å². The van der Waals surface area contributed by atoms with Gasteiger partial charge < -0.3 is 19.8 Å². The van der Waals surface area contributed by atoms with Gasteiger partial charge in [-0.3, -0.25) is 0 Å². The first kappa shape index (κ1) is 18.0. The van der Waals surface area contributed by atoms with Crippen LogP contribution in [0.2, 0.25) is 0 Å². The second-order valence-electron chi connectivity index (χ2n) is 1.59. The first-order chi connectivity index (χ1) is 4.41. The Kier molecular flexibility index (Phi) is 18.2. The summed E-state index contributed by atoms with van der Waals surface area (Å²) >= 11 is 3.60. The molecule has 0 bridgehead atoms. The quantitative estimate of drug-likeness (QED) is 0.410. The molecule has 4 N–H and O–H groups in total. The van der Waals surface area contributed by atoms with Gasteiger partial charge in [0.25, 0.3) is 0 Å². The van der Waals surface area contributed by atoms with Gasteiger partial charge in [0.15, 0.2) is 0 Å². The largest absolute Gasteiger partial charge is 0.396 e. The molecule has 0 spiro atoms. The summed E-state index contributed by atoms with van der Waals surface area (Å²) in [6.45, 7) is -1.41. The second-order valence-corrected chi connectivity index (χ2v) is 4.09. The minimum absolute atomic E-state index is 0. The SMILES string of the molecule is CCCCO.OP(O)(O)=S.[Zn]. The molecule has 0 rings (SSSR count). The normalized spacial score (nSPS) is 9.18. The average molecular weight is 254 g/mol. The molecule has 0 aliphatic heterocycles. The van der Waals surface area contributed by atoms with Crippen molar-refractivity contribution in [1.82, 2.24) is 0 Å². The molecule has 0 aliphatic rings. The van der Waals surface area contributed by atoms with Gasteiger partial charge in [0.1, 0.15) is 0 Å². The molecule has 0 atom stereocenters. The minimum atomic E-state index is -3.81. The van der Waals surface area contributed by atoms with Crippen LogP contribution in [0.4, 0.5) is 0 Å². The van der Waals surface area contributed by atoms with Crippen LogP contribution in [-0.4, -0.2) is 26.4 Å². The fourth-order valence-corrected chi connectivity index (χ4v) is 0.158. The molecule has 0 aromatic rings. The van der Waals surface area contributed by atoms with Crippen molar-refractivity contribution in [3.8, 4) is 0 Å². The molecule has 4 nitrogen and oxygen atoms in total. The summed E-state index contributed by atoms with van der Waals surface area (Å²) in [5.41, 5.74) is 0. The summed E-state index contributed by atoms with van der Waals surface area (Å²) in [6, 6.07) is 0. The molecular weight excluding hydrogens is 240 g/mol. The smallest absolute Gasteiger partial charge is 0.319 e. The van der Waals surface area contributed by atoms with Crippen molar-refractivity contribution in [3.63, 3.8) is 0 Å². The molecule has 0 fully saturated rings. The maximum atomic E-state index is 8.07. The first-order valence-corrected chi connectivity index (χ1v) is 5.47. The van der Waals surface area contributed by atoms with E-state index in [2.05, 4.69) is 18.7 Å². The summed E-state index contributed by atoms with van der Waals surface area (Å²) in [6.07, 6.45) is 2.04. The number of unbranched alkanes of at least 4 members (excludes halogenated alkanes) is 1. The van der Waals surface area contributed by atoms with Gasteiger partial charge in [-0.15, -0.1) is 0 Å². The van der Waals surface area contributed by atoms with Crippen molar-refractivity contribution < 1.29 is 39.3 Å². The molecule has 7 heteroatoms. The molecule has 11 heavy (non-hydrogen) atoms. The van der Waals surface area contributed by atoms with E-state index in [1.165, 1.54) is 0 Å². The van der Waals surface area contributed by atoms with Crippen molar-refractivity contribution in [2.75, 3.05) is 6.61 Å². The van der Waals surface area contributed by atoms with E-state index in [0.29, 0.717) is 6.61 Å². The fourth-order valence-electron chi connectivity index (χ4n) is 0.158. The molecule has 0 aromatic heterocycles. The van der Waals surface area contributed by atoms with E-state index in [0.717, 1.165) is 12.8 Å². The Balaban J connectivity index is -0.000000107. The molecule has 0 saturated heterocycles. The molecule has 0 aromatic carbocycles. The van der Waals surface area contributed by atoms with Crippen LogP contribution in [0.15, 0.2) is 0 Å². The van der Waals surface area contributed by atoms with Crippen LogP contribution in [0.1, 0.15) is 19.8 Å². The Morgan fingerprint density at radius 3 is 1.55 bits per heavy atom. The Morgan fingerprint density at radius 1 is 1.27 bits per heavy atom. The van der Waals surface area contributed by atoms with Crippen molar-refractivity contribution >= 4 is 18.5 Å². The average Bonchev–Trinajstić information content (AvgIpc) is 1.63. The van der Waals surface area contributed by atoms with Gasteiger partial charge in [0.05, 0.1) is 0 Å². The van der Waals surface area contributed by atoms with E-state index >= 15 is 0 Å². The van der Waals surface area contributed by atoms with Gasteiger partial charge in [0, 0.05) is 26.1 Å². The zero-order valence-corrected chi connectivity index (χ0v) is 11.2. The monoisotopic (exact) mass is 252 g/mol. The third-order valence-electron chi connectivity index (χ3n) is 0.512. The summed E-state index contributed by atoms with van der Waals surface area (Å²) in [7, 11) is 0. The van der Waals surface area contributed by atoms with Crippen LogP contribution < -0.4 is 0 Å². The zero-order chi connectivity index (χ0) is 8.62. The van der Waals surface area contributed by atoms with Gasteiger partial charge >= 0.3 is 6.72 Å². The Morgan fingerprint density at radius 2 is 1.55 bits per heavy atom. The summed E-state index contributed by atoms with van der Waals surface area (Å²) < 4.78 is 0. The van der Waals surface area contributed by atoms with Gasteiger partial charge in [-0.05, 0) is 18.2 Å². The molecular formula is C4H13O4PSZn. The maximum Gasteiger partial charge on any atom is 0.319 e. The van der Waals surface area contributed by atoms with Crippen LogP contribution in [0.3, 0.4) is 0 Å². The van der Waals surface area contributed by atoms with Crippen LogP contribution in [0.5, 0.6) is 0 Å². The minimum Gasteiger partial charge on any atom is -0.396 e. The standard InChI is InChI=1S/C4H10O.H3O3PS.Zn/c1-2-3-4-5;1-4(2,3)5;/h5H,2-4H2,1H3;(H3,1,2,3,5);. The Labute approximate surface area is 84.3 Å². The fraction of sp³-hybridized carbons (Fsp3) is 1.00. The number of rotatable bonds is 2. The third-order valence-corrected chi connectivity index (χ3v) is 0.512. The predicted octanol–water partition coefficient (Wildman–Crippen LogP) is -0.0359. The van der Waals surface area contributed by atoms with E-state index in [1.54, 1.807) is 0 Å². The summed E-state index contributed by atoms with van der Waals surface area (Å²) in [4.78, 5) is 22.7. The zero-order valence-electron chi connectivity index (χ0n) is 6.47. The second kappa shape index (κ2) is 11.1.